The average Bonchev–Trinajstić information content (AvgIpc) is 3.35. The summed E-state index contributed by atoms with van der Waals surface area (Å²) in [4.78, 5) is 24.7. The number of carbonyl (C=O) groups excluding carboxylic acids is 1. The van der Waals surface area contributed by atoms with Gasteiger partial charge in [0.25, 0.3) is 0 Å². The number of nitrogens with one attached hydrogen (secondary N) is 1. The Balaban J connectivity index is 1.15. The standard InChI is InChI=1S/C30H35N7O/c31-25-8-2-3-9-26(25)35-18-20-36(21-19-35)28(38)22-32-30-29(33-27-10-4-7-17-37(27)30)23-11-13-24(14-12-23)34-15-5-1-6-16-34/h2-4,7-14,17,32H,1,5-6,15-16,18-22,31H2. The van der Waals surface area contributed by atoms with Crippen LogP contribution < -0.4 is 20.9 Å². The maximum Gasteiger partial charge on any atom is 0.242 e. The van der Waals surface area contributed by atoms with Crippen molar-refractivity contribution in [2.24, 2.45) is 0 Å². The summed E-state index contributed by atoms with van der Waals surface area (Å²) in [5.74, 6) is 0.929. The third-order valence-corrected chi connectivity index (χ3v) is 7.71. The molecule has 8 heteroatoms. The maximum atomic E-state index is 13.2. The number of piperidine rings is 1. The largest absolute Gasteiger partial charge is 0.397 e. The average molecular weight is 510 g/mol. The number of pyridine rings is 1. The minimum absolute atomic E-state index is 0.0861. The summed E-state index contributed by atoms with van der Waals surface area (Å²) >= 11 is 0. The number of fused-ring (bicyclic) bond motifs is 1. The van der Waals surface area contributed by atoms with Gasteiger partial charge in [-0.15, -0.1) is 0 Å². The van der Waals surface area contributed by atoms with Crippen molar-refractivity contribution in [3.8, 4) is 11.3 Å². The molecule has 196 valence electrons. The summed E-state index contributed by atoms with van der Waals surface area (Å²) in [5.41, 5.74) is 12.0. The summed E-state index contributed by atoms with van der Waals surface area (Å²) < 4.78 is 2.03. The SMILES string of the molecule is Nc1ccccc1N1CCN(C(=O)CNc2c(-c3ccc(N4CCCCC4)cc3)nc3ccccn23)CC1. The second kappa shape index (κ2) is 10.7. The Morgan fingerprint density at radius 2 is 1.55 bits per heavy atom. The molecule has 0 radical (unpaired) electrons. The smallest absolute Gasteiger partial charge is 0.242 e. The number of amides is 1. The van der Waals surface area contributed by atoms with E-state index < -0.39 is 0 Å². The van der Waals surface area contributed by atoms with Gasteiger partial charge in [0, 0.05) is 56.7 Å². The van der Waals surface area contributed by atoms with Crippen LogP contribution in [0.4, 0.5) is 22.9 Å². The number of rotatable bonds is 6. The van der Waals surface area contributed by atoms with Crippen LogP contribution in [0.3, 0.4) is 0 Å². The van der Waals surface area contributed by atoms with Crippen molar-refractivity contribution in [3.05, 3.63) is 72.9 Å². The lowest BCUT2D eigenvalue weighted by Gasteiger charge is -2.36. The van der Waals surface area contributed by atoms with Crippen molar-refractivity contribution >= 4 is 34.4 Å². The molecule has 4 heterocycles. The van der Waals surface area contributed by atoms with Crippen molar-refractivity contribution in [1.82, 2.24) is 14.3 Å². The number of carbonyl (C=O) groups is 1. The highest BCUT2D eigenvalue weighted by Gasteiger charge is 2.23. The molecule has 38 heavy (non-hydrogen) atoms. The molecule has 0 atom stereocenters. The second-order valence-electron chi connectivity index (χ2n) is 10.1. The van der Waals surface area contributed by atoms with Crippen LogP contribution in [0.5, 0.6) is 0 Å². The van der Waals surface area contributed by atoms with E-state index in [1.54, 1.807) is 0 Å². The Hall–Kier alpha value is -4.20. The molecule has 0 unspecified atom stereocenters. The number of imidazole rings is 1. The number of nitrogen functional groups attached to an aromatic ring is 1. The minimum Gasteiger partial charge on any atom is -0.397 e. The Morgan fingerprint density at radius 1 is 0.816 bits per heavy atom. The quantitative estimate of drug-likeness (QED) is 0.377. The van der Waals surface area contributed by atoms with Gasteiger partial charge in [-0.3, -0.25) is 9.20 Å². The zero-order valence-electron chi connectivity index (χ0n) is 21.7. The number of para-hydroxylation sites is 2. The van der Waals surface area contributed by atoms with E-state index in [1.807, 2.05) is 58.0 Å². The highest BCUT2D eigenvalue weighted by atomic mass is 16.2. The lowest BCUT2D eigenvalue weighted by molar-refractivity contribution is -0.129. The van der Waals surface area contributed by atoms with Gasteiger partial charge in [-0.05, 0) is 55.7 Å². The van der Waals surface area contributed by atoms with E-state index in [0.717, 1.165) is 60.3 Å². The first-order valence-corrected chi connectivity index (χ1v) is 13.6. The van der Waals surface area contributed by atoms with Gasteiger partial charge in [0.1, 0.15) is 17.2 Å². The van der Waals surface area contributed by atoms with Gasteiger partial charge in [0.2, 0.25) is 5.91 Å². The van der Waals surface area contributed by atoms with E-state index in [4.69, 9.17) is 10.7 Å². The molecule has 8 nitrogen and oxygen atoms in total. The number of benzene rings is 2. The van der Waals surface area contributed by atoms with Crippen LogP contribution in [0.15, 0.2) is 72.9 Å². The van der Waals surface area contributed by atoms with Gasteiger partial charge >= 0.3 is 0 Å². The third kappa shape index (κ3) is 4.86. The monoisotopic (exact) mass is 509 g/mol. The lowest BCUT2D eigenvalue weighted by atomic mass is 10.1. The molecule has 2 aromatic carbocycles. The molecular formula is C30H35N7O. The van der Waals surface area contributed by atoms with E-state index in [9.17, 15) is 4.79 Å². The van der Waals surface area contributed by atoms with Crippen LogP contribution in [-0.2, 0) is 4.79 Å². The Morgan fingerprint density at radius 3 is 2.32 bits per heavy atom. The van der Waals surface area contributed by atoms with E-state index in [2.05, 4.69) is 39.4 Å². The molecule has 0 spiro atoms. The molecule has 3 N–H and O–H groups in total. The molecule has 0 saturated carbocycles. The molecule has 2 saturated heterocycles. The summed E-state index contributed by atoms with van der Waals surface area (Å²) in [6, 6.07) is 22.6. The fourth-order valence-corrected chi connectivity index (χ4v) is 5.59. The number of nitrogens with zero attached hydrogens (tertiary/aromatic N) is 5. The van der Waals surface area contributed by atoms with Gasteiger partial charge in [0.05, 0.1) is 17.9 Å². The Bertz CT molecular complexity index is 1400. The number of hydrogen-bond acceptors (Lipinski definition) is 6. The fraction of sp³-hybridized carbons (Fsp3) is 0.333. The number of nitrogens with two attached hydrogens (primary N) is 1. The minimum atomic E-state index is 0.0861. The van der Waals surface area contributed by atoms with Crippen LogP contribution in [0, 0.1) is 0 Å². The van der Waals surface area contributed by atoms with E-state index in [-0.39, 0.29) is 12.5 Å². The van der Waals surface area contributed by atoms with Crippen molar-refractivity contribution in [2.45, 2.75) is 19.3 Å². The predicted molar refractivity (Wildman–Crippen MR) is 155 cm³/mol. The van der Waals surface area contributed by atoms with Gasteiger partial charge in [-0.1, -0.05) is 30.3 Å². The fourth-order valence-electron chi connectivity index (χ4n) is 5.59. The van der Waals surface area contributed by atoms with Crippen LogP contribution >= 0.6 is 0 Å². The highest BCUT2D eigenvalue weighted by Crippen LogP contribution is 2.31. The second-order valence-corrected chi connectivity index (χ2v) is 10.1. The number of anilines is 4. The Kier molecular flexibility index (Phi) is 6.77. The van der Waals surface area contributed by atoms with Gasteiger partial charge < -0.3 is 25.8 Å². The van der Waals surface area contributed by atoms with Crippen molar-refractivity contribution < 1.29 is 4.79 Å². The van der Waals surface area contributed by atoms with E-state index in [0.29, 0.717) is 13.1 Å². The lowest BCUT2D eigenvalue weighted by Crippen LogP contribution is -2.50. The molecule has 2 aliphatic heterocycles. The first kappa shape index (κ1) is 24.2. The molecule has 2 aliphatic rings. The first-order valence-electron chi connectivity index (χ1n) is 13.6. The summed E-state index contributed by atoms with van der Waals surface area (Å²) in [5, 5.41) is 3.43. The van der Waals surface area contributed by atoms with Gasteiger partial charge in [-0.25, -0.2) is 4.98 Å². The summed E-state index contributed by atoms with van der Waals surface area (Å²) in [7, 11) is 0. The van der Waals surface area contributed by atoms with Crippen molar-refractivity contribution in [1.29, 1.82) is 0 Å². The molecule has 6 rings (SSSR count). The van der Waals surface area contributed by atoms with Crippen LogP contribution in [0.25, 0.3) is 16.9 Å². The van der Waals surface area contributed by atoms with E-state index in [1.165, 1.54) is 24.9 Å². The number of hydrogen-bond donors (Lipinski definition) is 2. The molecule has 2 fully saturated rings. The predicted octanol–water partition coefficient (Wildman–Crippen LogP) is 4.33. The van der Waals surface area contributed by atoms with Gasteiger partial charge in [0.15, 0.2) is 0 Å². The molecular weight excluding hydrogens is 474 g/mol. The molecule has 2 aromatic heterocycles. The topological polar surface area (TPSA) is 82.1 Å². The van der Waals surface area contributed by atoms with Crippen molar-refractivity contribution in [2.75, 3.05) is 66.7 Å². The first-order chi connectivity index (χ1) is 18.7. The summed E-state index contributed by atoms with van der Waals surface area (Å²) in [6.45, 7) is 5.34. The third-order valence-electron chi connectivity index (χ3n) is 7.71. The molecule has 0 aliphatic carbocycles. The number of aromatic nitrogens is 2. The molecule has 1 amide bonds. The normalized spacial score (nSPS) is 16.2. The van der Waals surface area contributed by atoms with Crippen molar-refractivity contribution in [3.63, 3.8) is 0 Å². The zero-order valence-corrected chi connectivity index (χ0v) is 21.7. The van der Waals surface area contributed by atoms with Crippen LogP contribution in [0.1, 0.15) is 19.3 Å². The Labute approximate surface area is 223 Å². The van der Waals surface area contributed by atoms with Crippen LogP contribution in [0.2, 0.25) is 0 Å². The summed E-state index contributed by atoms with van der Waals surface area (Å²) in [6.07, 6.45) is 5.82. The van der Waals surface area contributed by atoms with Gasteiger partial charge in [-0.2, -0.15) is 0 Å². The highest BCUT2D eigenvalue weighted by molar-refractivity contribution is 5.84. The van der Waals surface area contributed by atoms with Crippen LogP contribution in [-0.4, -0.2) is 66.0 Å². The molecule has 4 aromatic rings. The maximum absolute atomic E-state index is 13.2. The molecule has 0 bridgehead atoms. The van der Waals surface area contributed by atoms with E-state index >= 15 is 0 Å². The zero-order chi connectivity index (χ0) is 25.9. The number of piperazine rings is 1.